The van der Waals surface area contributed by atoms with Crippen molar-refractivity contribution >= 4 is 23.0 Å². The molecule has 1 aliphatic rings. The molecule has 2 aromatic heterocycles. The van der Waals surface area contributed by atoms with Crippen LogP contribution in [0.4, 0.5) is 0 Å². The van der Waals surface area contributed by atoms with Gasteiger partial charge < -0.3 is 5.32 Å². The highest BCUT2D eigenvalue weighted by Gasteiger charge is 2.20. The van der Waals surface area contributed by atoms with Crippen LogP contribution < -0.4 is 5.32 Å². The normalized spacial score (nSPS) is 16.2. The lowest BCUT2D eigenvalue weighted by molar-refractivity contribution is -0.122. The third-order valence-electron chi connectivity index (χ3n) is 3.91. The van der Waals surface area contributed by atoms with Gasteiger partial charge in [-0.1, -0.05) is 6.07 Å². The number of amides is 1. The number of nitrogens with zero attached hydrogens (tertiary/aromatic N) is 4. The molecule has 1 saturated heterocycles. The Bertz CT molecular complexity index is 650. The van der Waals surface area contributed by atoms with Crippen molar-refractivity contribution in [2.45, 2.75) is 6.54 Å². The maximum atomic E-state index is 12.0. The topological polar surface area (TPSA) is 94.2 Å². The van der Waals surface area contributed by atoms with Gasteiger partial charge >= 0.3 is 0 Å². The molecule has 0 atom stereocenters. The van der Waals surface area contributed by atoms with Gasteiger partial charge in [-0.25, -0.2) is 4.98 Å². The van der Waals surface area contributed by atoms with E-state index in [9.17, 15) is 9.59 Å². The van der Waals surface area contributed by atoms with Gasteiger partial charge in [0.2, 0.25) is 5.91 Å². The molecule has 0 bridgehead atoms. The summed E-state index contributed by atoms with van der Waals surface area (Å²) in [6, 6.07) is 3.60. The predicted molar refractivity (Wildman–Crippen MR) is 89.8 cm³/mol. The summed E-state index contributed by atoms with van der Waals surface area (Å²) < 4.78 is 0. The fourth-order valence-electron chi connectivity index (χ4n) is 2.59. The zero-order valence-electron chi connectivity index (χ0n) is 13.3. The number of carbonyl (C=O) groups excluding carboxylic acids is 2. The number of hydrogen-bond acceptors (Lipinski definition) is 7. The van der Waals surface area contributed by atoms with Crippen molar-refractivity contribution in [2.75, 3.05) is 39.3 Å². The minimum atomic E-state index is -0.108. The minimum Gasteiger partial charge on any atom is -0.347 e. The first-order valence-corrected chi connectivity index (χ1v) is 8.71. The summed E-state index contributed by atoms with van der Waals surface area (Å²) in [6.07, 6.45) is 1.51. The van der Waals surface area contributed by atoms with Crippen LogP contribution in [0.25, 0.3) is 0 Å². The van der Waals surface area contributed by atoms with E-state index in [-0.39, 0.29) is 18.2 Å². The molecule has 2 aromatic rings. The second kappa shape index (κ2) is 8.13. The Morgan fingerprint density at radius 2 is 2.04 bits per heavy atom. The maximum Gasteiger partial charge on any atom is 0.234 e. The zero-order chi connectivity index (χ0) is 16.8. The van der Waals surface area contributed by atoms with E-state index < -0.39 is 0 Å². The van der Waals surface area contributed by atoms with Crippen molar-refractivity contribution in [2.24, 2.45) is 0 Å². The number of ketones is 1. The zero-order valence-corrected chi connectivity index (χ0v) is 14.1. The third-order valence-corrected chi connectivity index (χ3v) is 4.82. The van der Waals surface area contributed by atoms with E-state index in [2.05, 4.69) is 30.3 Å². The molecule has 1 amide bonds. The van der Waals surface area contributed by atoms with Gasteiger partial charge in [0.05, 0.1) is 24.5 Å². The molecule has 128 valence electrons. The fourth-order valence-corrected chi connectivity index (χ4v) is 3.25. The predicted octanol–water partition coefficient (Wildman–Crippen LogP) is -0.0171. The monoisotopic (exact) mass is 348 g/mol. The molecule has 9 heteroatoms. The Morgan fingerprint density at radius 3 is 2.71 bits per heavy atom. The molecular formula is C15H20N6O2S. The van der Waals surface area contributed by atoms with Crippen LogP contribution in [0.15, 0.2) is 23.8 Å². The molecule has 1 aliphatic heterocycles. The maximum absolute atomic E-state index is 12.0. The second-order valence-corrected chi connectivity index (χ2v) is 6.61. The Balaban J connectivity index is 1.35. The van der Waals surface area contributed by atoms with E-state index in [0.717, 1.165) is 38.5 Å². The van der Waals surface area contributed by atoms with E-state index in [1.807, 2.05) is 11.4 Å². The molecule has 0 unspecified atom stereocenters. The van der Waals surface area contributed by atoms with Crippen molar-refractivity contribution in [3.8, 4) is 0 Å². The minimum absolute atomic E-state index is 0.0461. The summed E-state index contributed by atoms with van der Waals surface area (Å²) in [5, 5.41) is 11.3. The number of rotatable bonds is 7. The number of carbonyl (C=O) groups is 2. The first-order valence-electron chi connectivity index (χ1n) is 7.83. The lowest BCUT2D eigenvalue weighted by Gasteiger charge is -2.33. The molecule has 8 nitrogen and oxygen atoms in total. The Kier molecular flexibility index (Phi) is 5.68. The van der Waals surface area contributed by atoms with Gasteiger partial charge in [0.25, 0.3) is 0 Å². The van der Waals surface area contributed by atoms with Gasteiger partial charge in [-0.15, -0.1) is 11.3 Å². The highest BCUT2D eigenvalue weighted by atomic mass is 32.1. The Hall–Kier alpha value is -2.10. The summed E-state index contributed by atoms with van der Waals surface area (Å²) in [5.41, 5.74) is 0. The second-order valence-electron chi connectivity index (χ2n) is 5.66. The van der Waals surface area contributed by atoms with E-state index >= 15 is 0 Å². The summed E-state index contributed by atoms with van der Waals surface area (Å²) in [6.45, 7) is 4.53. The van der Waals surface area contributed by atoms with Gasteiger partial charge in [-0.2, -0.15) is 5.10 Å². The number of aromatic amines is 1. The van der Waals surface area contributed by atoms with E-state index in [4.69, 9.17) is 0 Å². The Labute approximate surface area is 143 Å². The number of hydrogen-bond donors (Lipinski definition) is 2. The molecular weight excluding hydrogens is 328 g/mol. The average Bonchev–Trinajstić information content (AvgIpc) is 3.28. The number of piperazine rings is 1. The van der Waals surface area contributed by atoms with Crippen molar-refractivity contribution < 1.29 is 9.59 Å². The summed E-state index contributed by atoms with van der Waals surface area (Å²) in [5.74, 6) is 0.701. The standard InChI is InChI=1S/C15H20N6O2S/c22-12(13-2-1-7-24-13)8-16-15(23)10-21-5-3-20(4-6-21)9-14-17-11-18-19-14/h1-2,7,11H,3-6,8-10H2,(H,16,23)(H,17,18,19). The lowest BCUT2D eigenvalue weighted by Crippen LogP contribution is -2.49. The van der Waals surface area contributed by atoms with Crippen molar-refractivity contribution in [1.82, 2.24) is 30.3 Å². The molecule has 0 aromatic carbocycles. The third kappa shape index (κ3) is 4.70. The number of aromatic nitrogens is 3. The molecule has 2 N–H and O–H groups in total. The summed E-state index contributed by atoms with van der Waals surface area (Å²) in [4.78, 5) is 33.0. The van der Waals surface area contributed by atoms with E-state index in [1.54, 1.807) is 6.07 Å². The highest BCUT2D eigenvalue weighted by Crippen LogP contribution is 2.08. The SMILES string of the molecule is O=C(CN1CCN(Cc2ncn[nH]2)CC1)NCC(=O)c1cccs1. The van der Waals surface area contributed by atoms with Crippen LogP contribution in [0.1, 0.15) is 15.5 Å². The van der Waals surface area contributed by atoms with Gasteiger partial charge in [-0.3, -0.25) is 24.5 Å². The number of Topliss-reactive ketones (excluding diaryl/α,β-unsaturated/α-hetero) is 1. The quantitative estimate of drug-likeness (QED) is 0.683. The molecule has 0 saturated carbocycles. The fraction of sp³-hybridized carbons (Fsp3) is 0.467. The lowest BCUT2D eigenvalue weighted by atomic mass is 10.3. The van der Waals surface area contributed by atoms with Crippen LogP contribution in [0.5, 0.6) is 0 Å². The molecule has 3 rings (SSSR count). The molecule has 24 heavy (non-hydrogen) atoms. The smallest absolute Gasteiger partial charge is 0.234 e. The van der Waals surface area contributed by atoms with Gasteiger partial charge in [-0.05, 0) is 11.4 Å². The number of nitrogens with one attached hydrogen (secondary N) is 2. The number of H-pyrrole nitrogens is 1. The molecule has 0 spiro atoms. The molecule has 0 aliphatic carbocycles. The molecule has 1 fully saturated rings. The van der Waals surface area contributed by atoms with Crippen molar-refractivity contribution in [3.05, 3.63) is 34.5 Å². The van der Waals surface area contributed by atoms with Gasteiger partial charge in [0.15, 0.2) is 5.78 Å². The number of thiophene rings is 1. The first-order chi connectivity index (χ1) is 11.7. The summed E-state index contributed by atoms with van der Waals surface area (Å²) >= 11 is 1.39. The molecule has 3 heterocycles. The van der Waals surface area contributed by atoms with Crippen LogP contribution in [0.2, 0.25) is 0 Å². The molecule has 0 radical (unpaired) electrons. The van der Waals surface area contributed by atoms with Crippen molar-refractivity contribution in [3.63, 3.8) is 0 Å². The Morgan fingerprint density at radius 1 is 1.25 bits per heavy atom. The largest absolute Gasteiger partial charge is 0.347 e. The van der Waals surface area contributed by atoms with Crippen LogP contribution in [0, 0.1) is 0 Å². The highest BCUT2D eigenvalue weighted by molar-refractivity contribution is 7.12. The first kappa shape index (κ1) is 16.7. The summed E-state index contributed by atoms with van der Waals surface area (Å²) in [7, 11) is 0. The van der Waals surface area contributed by atoms with Crippen LogP contribution in [0.3, 0.4) is 0 Å². The van der Waals surface area contributed by atoms with Crippen LogP contribution in [-0.2, 0) is 11.3 Å². The van der Waals surface area contributed by atoms with Gasteiger partial charge in [0.1, 0.15) is 12.2 Å². The van der Waals surface area contributed by atoms with Crippen LogP contribution in [-0.4, -0.2) is 75.9 Å². The van der Waals surface area contributed by atoms with Crippen molar-refractivity contribution in [1.29, 1.82) is 0 Å². The van der Waals surface area contributed by atoms with E-state index in [1.165, 1.54) is 17.7 Å². The van der Waals surface area contributed by atoms with E-state index in [0.29, 0.717) is 11.4 Å². The van der Waals surface area contributed by atoms with Gasteiger partial charge in [0, 0.05) is 26.2 Å². The van der Waals surface area contributed by atoms with Crippen LogP contribution >= 0.6 is 11.3 Å². The average molecular weight is 348 g/mol.